The van der Waals surface area contributed by atoms with Crippen LogP contribution in [0.15, 0.2) is 0 Å². The molecule has 82 valence electrons. The average molecular weight is 206 g/mol. The van der Waals surface area contributed by atoms with Crippen molar-refractivity contribution in [3.63, 3.8) is 0 Å². The third kappa shape index (κ3) is 1.95. The Labute approximate surface area is 90.5 Å². The van der Waals surface area contributed by atoms with E-state index < -0.39 is 0 Å². The van der Waals surface area contributed by atoms with Crippen LogP contribution in [0.5, 0.6) is 0 Å². The van der Waals surface area contributed by atoms with E-state index in [0.717, 1.165) is 31.0 Å². The number of aromatic nitrogens is 2. The van der Waals surface area contributed by atoms with Crippen LogP contribution in [0.4, 0.5) is 5.95 Å². The first-order valence-corrected chi connectivity index (χ1v) is 5.50. The summed E-state index contributed by atoms with van der Waals surface area (Å²) in [5.74, 6) is 0.818. The number of likely N-dealkylation sites (N-methyl/N-ethyl adjacent to an activating group) is 1. The van der Waals surface area contributed by atoms with Crippen LogP contribution in [0, 0.1) is 6.92 Å². The van der Waals surface area contributed by atoms with Gasteiger partial charge in [0, 0.05) is 31.5 Å². The highest BCUT2D eigenvalue weighted by molar-refractivity contribution is 5.38. The summed E-state index contributed by atoms with van der Waals surface area (Å²) in [6, 6.07) is 0. The zero-order valence-corrected chi connectivity index (χ0v) is 9.45. The van der Waals surface area contributed by atoms with Crippen molar-refractivity contribution >= 4 is 5.95 Å². The molecule has 4 heteroatoms. The van der Waals surface area contributed by atoms with Crippen LogP contribution in [0.2, 0.25) is 0 Å². The number of rotatable bonds is 3. The molecular formula is C11H18N4. The Morgan fingerprint density at radius 2 is 2.13 bits per heavy atom. The Balaban J connectivity index is 2.30. The van der Waals surface area contributed by atoms with Gasteiger partial charge in [-0.05, 0) is 31.7 Å². The number of hydrogen-bond acceptors (Lipinski definition) is 4. The van der Waals surface area contributed by atoms with Crippen LogP contribution in [0.25, 0.3) is 0 Å². The van der Waals surface area contributed by atoms with Crippen molar-refractivity contribution in [2.75, 3.05) is 25.0 Å². The van der Waals surface area contributed by atoms with Crippen LogP contribution in [-0.4, -0.2) is 30.1 Å². The summed E-state index contributed by atoms with van der Waals surface area (Å²) in [4.78, 5) is 11.1. The second-order valence-electron chi connectivity index (χ2n) is 4.10. The van der Waals surface area contributed by atoms with Crippen LogP contribution in [0.3, 0.4) is 0 Å². The van der Waals surface area contributed by atoms with Gasteiger partial charge in [-0.25, -0.2) is 9.97 Å². The lowest BCUT2D eigenvalue weighted by atomic mass is 10.2. The van der Waals surface area contributed by atoms with Gasteiger partial charge in [0.1, 0.15) is 0 Å². The molecule has 0 bridgehead atoms. The summed E-state index contributed by atoms with van der Waals surface area (Å²) in [5, 5.41) is 0. The molecule has 4 nitrogen and oxygen atoms in total. The Morgan fingerprint density at radius 1 is 1.33 bits per heavy atom. The van der Waals surface area contributed by atoms with E-state index in [9.17, 15) is 0 Å². The maximum absolute atomic E-state index is 5.52. The lowest BCUT2D eigenvalue weighted by molar-refractivity contribution is 0.829. The van der Waals surface area contributed by atoms with Gasteiger partial charge in [0.15, 0.2) is 0 Å². The average Bonchev–Trinajstić information content (AvgIpc) is 2.66. The molecular weight excluding hydrogens is 188 g/mol. The molecule has 0 amide bonds. The second-order valence-corrected chi connectivity index (χ2v) is 4.10. The van der Waals surface area contributed by atoms with E-state index in [4.69, 9.17) is 5.73 Å². The van der Waals surface area contributed by atoms with Crippen molar-refractivity contribution in [3.05, 3.63) is 17.0 Å². The maximum Gasteiger partial charge on any atom is 0.225 e. The minimum Gasteiger partial charge on any atom is -0.343 e. The van der Waals surface area contributed by atoms with Crippen LogP contribution in [0.1, 0.15) is 23.4 Å². The third-order valence-electron chi connectivity index (χ3n) is 2.93. The molecule has 0 aliphatic heterocycles. The normalized spacial score (nSPS) is 14.1. The number of nitrogens with zero attached hydrogens (tertiary/aromatic N) is 3. The number of nitrogens with two attached hydrogens (primary N) is 1. The highest BCUT2D eigenvalue weighted by Gasteiger charge is 2.17. The lowest BCUT2D eigenvalue weighted by Gasteiger charge is -2.17. The maximum atomic E-state index is 5.52. The van der Waals surface area contributed by atoms with E-state index in [-0.39, 0.29) is 0 Å². The van der Waals surface area contributed by atoms with E-state index >= 15 is 0 Å². The predicted molar refractivity (Wildman–Crippen MR) is 61.1 cm³/mol. The Hall–Kier alpha value is -1.16. The number of fused-ring (bicyclic) bond motifs is 1. The molecule has 1 aliphatic carbocycles. The van der Waals surface area contributed by atoms with Crippen molar-refractivity contribution < 1.29 is 0 Å². The molecule has 0 spiro atoms. The summed E-state index contributed by atoms with van der Waals surface area (Å²) >= 11 is 0. The molecule has 0 atom stereocenters. The molecule has 0 radical (unpaired) electrons. The second kappa shape index (κ2) is 4.14. The van der Waals surface area contributed by atoms with Gasteiger partial charge in [-0.3, -0.25) is 0 Å². The molecule has 2 rings (SSSR count). The van der Waals surface area contributed by atoms with Crippen molar-refractivity contribution in [1.82, 2.24) is 9.97 Å². The standard InChI is InChI=1S/C11H18N4/c1-8-9-4-3-5-10(9)14-11(13-8)15(2)7-6-12/h3-7,12H2,1-2H3. The first-order chi connectivity index (χ1) is 7.22. The Kier molecular flexibility index (Phi) is 2.86. The summed E-state index contributed by atoms with van der Waals surface area (Å²) in [6.45, 7) is 3.51. The van der Waals surface area contributed by atoms with Crippen LogP contribution in [-0.2, 0) is 12.8 Å². The summed E-state index contributed by atoms with van der Waals surface area (Å²) in [7, 11) is 1.99. The third-order valence-corrected chi connectivity index (χ3v) is 2.93. The highest BCUT2D eigenvalue weighted by atomic mass is 15.2. The Bertz CT molecular complexity index is 362. The zero-order valence-electron chi connectivity index (χ0n) is 9.45. The summed E-state index contributed by atoms with van der Waals surface area (Å²) in [5.41, 5.74) is 9.25. The lowest BCUT2D eigenvalue weighted by Crippen LogP contribution is -2.27. The van der Waals surface area contributed by atoms with Crippen molar-refractivity contribution in [1.29, 1.82) is 0 Å². The van der Waals surface area contributed by atoms with Crippen LogP contribution >= 0.6 is 0 Å². The van der Waals surface area contributed by atoms with Crippen LogP contribution < -0.4 is 10.6 Å². The largest absolute Gasteiger partial charge is 0.343 e. The first-order valence-electron chi connectivity index (χ1n) is 5.50. The van der Waals surface area contributed by atoms with Crippen molar-refractivity contribution in [2.45, 2.75) is 26.2 Å². The number of aryl methyl sites for hydroxylation is 2. The molecule has 1 aromatic rings. The summed E-state index contributed by atoms with van der Waals surface area (Å²) in [6.07, 6.45) is 3.46. The van der Waals surface area contributed by atoms with Gasteiger partial charge >= 0.3 is 0 Å². The number of anilines is 1. The van der Waals surface area contributed by atoms with Gasteiger partial charge in [0.2, 0.25) is 5.95 Å². The quantitative estimate of drug-likeness (QED) is 0.789. The van der Waals surface area contributed by atoms with Gasteiger partial charge < -0.3 is 10.6 Å². The minimum absolute atomic E-state index is 0.635. The molecule has 2 N–H and O–H groups in total. The van der Waals surface area contributed by atoms with Gasteiger partial charge in [0.05, 0.1) is 0 Å². The fraction of sp³-hybridized carbons (Fsp3) is 0.636. The first kappa shape index (κ1) is 10.4. The molecule has 0 fully saturated rings. The molecule has 1 aliphatic rings. The van der Waals surface area contributed by atoms with E-state index in [1.807, 2.05) is 11.9 Å². The molecule has 1 heterocycles. The molecule has 0 unspecified atom stereocenters. The Morgan fingerprint density at radius 3 is 2.87 bits per heavy atom. The molecule has 1 aromatic heterocycles. The predicted octanol–water partition coefficient (Wildman–Crippen LogP) is 0.669. The fourth-order valence-corrected chi connectivity index (χ4v) is 2.07. The fourth-order valence-electron chi connectivity index (χ4n) is 2.07. The summed E-state index contributed by atoms with van der Waals surface area (Å²) < 4.78 is 0. The van der Waals surface area contributed by atoms with Crippen molar-refractivity contribution in [3.8, 4) is 0 Å². The molecule has 0 saturated carbocycles. The van der Waals surface area contributed by atoms with Gasteiger partial charge in [-0.2, -0.15) is 0 Å². The van der Waals surface area contributed by atoms with E-state index in [0.29, 0.717) is 6.54 Å². The molecule has 0 aromatic carbocycles. The molecule has 15 heavy (non-hydrogen) atoms. The van der Waals surface area contributed by atoms with Gasteiger partial charge in [-0.15, -0.1) is 0 Å². The number of hydrogen-bond donors (Lipinski definition) is 1. The van der Waals surface area contributed by atoms with Gasteiger partial charge in [0.25, 0.3) is 0 Å². The van der Waals surface area contributed by atoms with E-state index in [2.05, 4.69) is 16.9 Å². The van der Waals surface area contributed by atoms with E-state index in [1.165, 1.54) is 17.7 Å². The molecule has 0 saturated heterocycles. The highest BCUT2D eigenvalue weighted by Crippen LogP contribution is 2.24. The van der Waals surface area contributed by atoms with Crippen molar-refractivity contribution in [2.24, 2.45) is 5.73 Å². The minimum atomic E-state index is 0.635. The SMILES string of the molecule is Cc1nc(N(C)CCN)nc2c1CCC2. The zero-order chi connectivity index (χ0) is 10.8. The monoisotopic (exact) mass is 206 g/mol. The topological polar surface area (TPSA) is 55.0 Å². The smallest absolute Gasteiger partial charge is 0.225 e. The van der Waals surface area contributed by atoms with Gasteiger partial charge in [-0.1, -0.05) is 0 Å². The van der Waals surface area contributed by atoms with E-state index in [1.54, 1.807) is 0 Å².